The Morgan fingerprint density at radius 2 is 2.06 bits per heavy atom. The number of nitro groups is 1. The second kappa shape index (κ2) is 8.49. The van der Waals surface area contributed by atoms with Crippen molar-refractivity contribution in [3.63, 3.8) is 0 Å². The number of nitrogens with one attached hydrogen (secondary N) is 1. The van der Waals surface area contributed by atoms with Crippen LogP contribution in [0.5, 0.6) is 0 Å². The Kier molecular flexibility index (Phi) is 5.48. The fraction of sp³-hybridized carbons (Fsp3) is 0.273. The van der Waals surface area contributed by atoms with Crippen LogP contribution in [-0.4, -0.2) is 48.3 Å². The maximum Gasteiger partial charge on any atom is 0.295 e. The number of halogens is 2. The summed E-state index contributed by atoms with van der Waals surface area (Å²) in [5.74, 6) is -0.640. The van der Waals surface area contributed by atoms with Crippen molar-refractivity contribution in [3.8, 4) is 5.82 Å². The first-order valence-corrected chi connectivity index (χ1v) is 11.0. The van der Waals surface area contributed by atoms with E-state index in [0.717, 1.165) is 6.07 Å². The van der Waals surface area contributed by atoms with E-state index in [9.17, 15) is 19.3 Å². The molecule has 174 valence electrons. The number of Topliss-reactive ketones (excluding diaryl/α,β-unsaturated/α-hetero) is 1. The molecule has 12 heteroatoms. The second-order valence-electron chi connectivity index (χ2n) is 8.23. The van der Waals surface area contributed by atoms with Crippen LogP contribution < -0.4 is 4.90 Å². The smallest absolute Gasteiger partial charge is 0.295 e. The molecule has 1 aliphatic heterocycles. The number of nitro benzene ring substituents is 1. The first kappa shape index (κ1) is 22.0. The lowest BCUT2D eigenvalue weighted by Crippen LogP contribution is -2.43. The van der Waals surface area contributed by atoms with E-state index in [-0.39, 0.29) is 23.4 Å². The number of nitrogens with zero attached hydrogens (tertiary/aromatic N) is 6. The van der Waals surface area contributed by atoms with Gasteiger partial charge in [-0.15, -0.1) is 4.80 Å². The summed E-state index contributed by atoms with van der Waals surface area (Å²) < 4.78 is 13.6. The molecule has 2 unspecified atom stereocenters. The number of carbonyl (C=O) groups is 1. The highest BCUT2D eigenvalue weighted by molar-refractivity contribution is 6.33. The maximum absolute atomic E-state index is 13.6. The second-order valence-corrected chi connectivity index (χ2v) is 8.64. The molecule has 1 aromatic carbocycles. The van der Waals surface area contributed by atoms with Gasteiger partial charge in [-0.3, -0.25) is 14.9 Å². The number of pyridine rings is 1. The molecule has 4 heterocycles. The highest BCUT2D eigenvalue weighted by atomic mass is 35.5. The lowest BCUT2D eigenvalue weighted by Gasteiger charge is -2.38. The molecule has 34 heavy (non-hydrogen) atoms. The predicted octanol–water partition coefficient (Wildman–Crippen LogP) is 4.33. The number of rotatable bonds is 5. The van der Waals surface area contributed by atoms with E-state index in [1.807, 2.05) is 11.8 Å². The zero-order valence-corrected chi connectivity index (χ0v) is 18.7. The van der Waals surface area contributed by atoms with Gasteiger partial charge in [0.25, 0.3) is 5.69 Å². The number of anilines is 1. The Labute approximate surface area is 197 Å². The first-order chi connectivity index (χ1) is 16.3. The Balaban J connectivity index is 1.39. The molecule has 0 saturated carbocycles. The number of benzene rings is 1. The van der Waals surface area contributed by atoms with E-state index < -0.39 is 10.7 Å². The Morgan fingerprint density at radius 1 is 1.29 bits per heavy atom. The monoisotopic (exact) mass is 483 g/mol. The van der Waals surface area contributed by atoms with Gasteiger partial charge in [-0.1, -0.05) is 11.6 Å². The number of aromatic amines is 1. The SMILES string of the molecule is CC1CC(C(=O)c2c[nH]c3nc(-n4nccn4)c(Cl)cc23)CCN1c1ccc(F)cc1[N+](=O)[O-]. The molecule has 4 aromatic rings. The Hall–Kier alpha value is -3.86. The van der Waals surface area contributed by atoms with Crippen molar-refractivity contribution in [3.05, 3.63) is 69.4 Å². The summed E-state index contributed by atoms with van der Waals surface area (Å²) in [6.45, 7) is 2.34. The van der Waals surface area contributed by atoms with Gasteiger partial charge in [0.15, 0.2) is 11.6 Å². The van der Waals surface area contributed by atoms with Crippen LogP contribution in [0.3, 0.4) is 0 Å². The van der Waals surface area contributed by atoms with E-state index in [0.29, 0.717) is 52.5 Å². The van der Waals surface area contributed by atoms with Crippen molar-refractivity contribution in [2.75, 3.05) is 11.4 Å². The van der Waals surface area contributed by atoms with Crippen molar-refractivity contribution in [1.29, 1.82) is 0 Å². The normalized spacial score (nSPS) is 18.4. The van der Waals surface area contributed by atoms with E-state index in [2.05, 4.69) is 20.2 Å². The Bertz CT molecular complexity index is 1410. The lowest BCUT2D eigenvalue weighted by molar-refractivity contribution is -0.384. The molecule has 0 bridgehead atoms. The topological polar surface area (TPSA) is 123 Å². The number of piperidine rings is 1. The van der Waals surface area contributed by atoms with Gasteiger partial charge < -0.3 is 9.88 Å². The summed E-state index contributed by atoms with van der Waals surface area (Å²) in [5, 5.41) is 20.4. The molecular formula is C22H19ClFN7O3. The molecule has 0 aliphatic carbocycles. The third-order valence-electron chi connectivity index (χ3n) is 6.17. The summed E-state index contributed by atoms with van der Waals surface area (Å²) in [5.41, 5.74) is 1.05. The lowest BCUT2D eigenvalue weighted by atomic mass is 9.85. The highest BCUT2D eigenvalue weighted by Gasteiger charge is 2.34. The van der Waals surface area contributed by atoms with Gasteiger partial charge in [0.05, 0.1) is 28.4 Å². The molecule has 1 N–H and O–H groups in total. The average molecular weight is 484 g/mol. The minimum Gasteiger partial charge on any atom is -0.363 e. The van der Waals surface area contributed by atoms with Crippen molar-refractivity contribution < 1.29 is 14.1 Å². The van der Waals surface area contributed by atoms with Gasteiger partial charge in [-0.2, -0.15) is 10.2 Å². The summed E-state index contributed by atoms with van der Waals surface area (Å²) in [7, 11) is 0. The fourth-order valence-corrected chi connectivity index (χ4v) is 4.78. The molecule has 1 aliphatic rings. The summed E-state index contributed by atoms with van der Waals surface area (Å²) in [6, 6.07) is 5.08. The zero-order valence-electron chi connectivity index (χ0n) is 18.0. The molecular weight excluding hydrogens is 465 g/mol. The van der Waals surface area contributed by atoms with Crippen LogP contribution in [0, 0.1) is 21.8 Å². The molecule has 3 aromatic heterocycles. The molecule has 1 saturated heterocycles. The van der Waals surface area contributed by atoms with E-state index in [4.69, 9.17) is 11.6 Å². The number of H-pyrrole nitrogens is 1. The summed E-state index contributed by atoms with van der Waals surface area (Å²) in [4.78, 5) is 34.9. The standard InChI is InChI=1S/C22H19ClFN7O3/c1-12-8-13(4-7-29(12)18-3-2-14(24)9-19(18)31(33)34)20(32)16-11-25-21-15(16)10-17(23)22(28-21)30-26-5-6-27-30/h2-3,5-6,9-13H,4,7-8H2,1H3,(H,25,28). The van der Waals surface area contributed by atoms with E-state index in [1.54, 1.807) is 12.3 Å². The fourth-order valence-electron chi connectivity index (χ4n) is 4.56. The van der Waals surface area contributed by atoms with Gasteiger partial charge in [-0.05, 0) is 38.0 Å². The molecule has 5 rings (SSSR count). The van der Waals surface area contributed by atoms with Gasteiger partial charge in [0.1, 0.15) is 17.2 Å². The van der Waals surface area contributed by atoms with Gasteiger partial charge in [0.2, 0.25) is 0 Å². The minimum absolute atomic E-state index is 0.0470. The minimum atomic E-state index is -0.661. The summed E-state index contributed by atoms with van der Waals surface area (Å²) in [6.07, 6.45) is 5.65. The average Bonchev–Trinajstić information content (AvgIpc) is 3.48. The quantitative estimate of drug-likeness (QED) is 0.254. The molecule has 2 atom stereocenters. The zero-order chi connectivity index (χ0) is 24.0. The van der Waals surface area contributed by atoms with Crippen LogP contribution in [0.4, 0.5) is 15.8 Å². The third kappa shape index (κ3) is 3.77. The number of aromatic nitrogens is 5. The van der Waals surface area contributed by atoms with Crippen LogP contribution in [-0.2, 0) is 0 Å². The van der Waals surface area contributed by atoms with E-state index >= 15 is 0 Å². The predicted molar refractivity (Wildman–Crippen MR) is 123 cm³/mol. The van der Waals surface area contributed by atoms with Crippen LogP contribution in [0.1, 0.15) is 30.1 Å². The first-order valence-electron chi connectivity index (χ1n) is 10.6. The van der Waals surface area contributed by atoms with Gasteiger partial charge in [0, 0.05) is 35.7 Å². The Morgan fingerprint density at radius 3 is 2.76 bits per heavy atom. The van der Waals surface area contributed by atoms with Crippen molar-refractivity contribution in [2.45, 2.75) is 25.8 Å². The number of hydrogen-bond donors (Lipinski definition) is 1. The van der Waals surface area contributed by atoms with Crippen molar-refractivity contribution in [2.24, 2.45) is 5.92 Å². The van der Waals surface area contributed by atoms with Gasteiger partial charge in [-0.25, -0.2) is 9.37 Å². The van der Waals surface area contributed by atoms with Crippen LogP contribution >= 0.6 is 11.6 Å². The summed E-state index contributed by atoms with van der Waals surface area (Å²) >= 11 is 6.40. The molecule has 0 amide bonds. The molecule has 0 radical (unpaired) electrons. The third-order valence-corrected chi connectivity index (χ3v) is 6.44. The van der Waals surface area contributed by atoms with Crippen LogP contribution in [0.25, 0.3) is 16.9 Å². The maximum atomic E-state index is 13.6. The van der Waals surface area contributed by atoms with Gasteiger partial charge >= 0.3 is 0 Å². The molecule has 0 spiro atoms. The van der Waals surface area contributed by atoms with Crippen LogP contribution in [0.15, 0.2) is 42.9 Å². The number of fused-ring (bicyclic) bond motifs is 1. The van der Waals surface area contributed by atoms with Crippen molar-refractivity contribution >= 4 is 39.8 Å². The molecule has 1 fully saturated rings. The number of carbonyl (C=O) groups excluding carboxylic acids is 1. The van der Waals surface area contributed by atoms with Crippen LogP contribution in [0.2, 0.25) is 5.02 Å². The van der Waals surface area contributed by atoms with Crippen molar-refractivity contribution in [1.82, 2.24) is 25.0 Å². The number of ketones is 1. The molecule has 10 nitrogen and oxygen atoms in total. The van der Waals surface area contributed by atoms with E-state index in [1.165, 1.54) is 29.3 Å². The highest BCUT2D eigenvalue weighted by Crippen LogP contribution is 2.36. The number of hydrogen-bond acceptors (Lipinski definition) is 7. The largest absolute Gasteiger partial charge is 0.363 e.